The van der Waals surface area contributed by atoms with E-state index in [4.69, 9.17) is 0 Å². The molecule has 1 nitrogen and oxygen atoms in total. The molecule has 2 unspecified atom stereocenters. The fourth-order valence-corrected chi connectivity index (χ4v) is 5.43. The lowest BCUT2D eigenvalue weighted by atomic mass is 9.96. The molecule has 0 aliphatic heterocycles. The van der Waals surface area contributed by atoms with E-state index >= 15 is 0 Å². The molecule has 0 spiro atoms. The van der Waals surface area contributed by atoms with Crippen molar-refractivity contribution >= 4 is 31.9 Å². The van der Waals surface area contributed by atoms with E-state index in [1.54, 1.807) is 0 Å². The quantitative estimate of drug-likeness (QED) is 0.343. The second-order valence-corrected chi connectivity index (χ2v) is 10.2. The van der Waals surface area contributed by atoms with Crippen molar-refractivity contribution in [1.29, 1.82) is 0 Å². The van der Waals surface area contributed by atoms with Crippen LogP contribution in [-0.2, 0) is 13.0 Å². The Morgan fingerprint density at radius 1 is 0.852 bits per heavy atom. The Labute approximate surface area is 181 Å². The Morgan fingerprint density at radius 3 is 2.15 bits per heavy atom. The highest BCUT2D eigenvalue weighted by atomic mass is 79.9. The van der Waals surface area contributed by atoms with Crippen molar-refractivity contribution in [2.24, 2.45) is 0 Å². The van der Waals surface area contributed by atoms with Crippen LogP contribution in [0, 0.1) is 0 Å². The Morgan fingerprint density at radius 2 is 1.52 bits per heavy atom. The van der Waals surface area contributed by atoms with Crippen molar-refractivity contribution in [3.63, 3.8) is 0 Å². The summed E-state index contributed by atoms with van der Waals surface area (Å²) in [5, 5.41) is 0. The van der Waals surface area contributed by atoms with Crippen LogP contribution in [-0.4, -0.2) is 27.6 Å². The number of nitrogens with zero attached hydrogens (tertiary/aromatic N) is 1. The number of hydrogen-bond acceptors (Lipinski definition) is 1. The molecule has 2 aromatic carbocycles. The van der Waals surface area contributed by atoms with Gasteiger partial charge in [0, 0.05) is 16.2 Å². The van der Waals surface area contributed by atoms with E-state index < -0.39 is 0 Å². The average Bonchev–Trinajstić information content (AvgIpc) is 3.02. The molecule has 1 saturated carbocycles. The molecule has 1 fully saturated rings. The molecule has 0 amide bonds. The first-order chi connectivity index (χ1) is 13.2. The highest BCUT2D eigenvalue weighted by molar-refractivity contribution is 9.12. The molecule has 2 aromatic rings. The minimum absolute atomic E-state index is 0.608. The Bertz CT molecular complexity index is 661. The van der Waals surface area contributed by atoms with Crippen molar-refractivity contribution < 1.29 is 0 Å². The SMILES string of the molecule is CCCN(CCCc1ccc(C2CC(Br)C(Br)C2)cc1)Cc1ccccc1. The molecule has 0 aromatic heterocycles. The summed E-state index contributed by atoms with van der Waals surface area (Å²) in [5.41, 5.74) is 4.39. The van der Waals surface area contributed by atoms with Gasteiger partial charge in [-0.3, -0.25) is 4.90 Å². The number of rotatable bonds is 9. The third kappa shape index (κ3) is 6.44. The molecular weight excluding hydrogens is 462 g/mol. The predicted octanol–water partition coefficient (Wildman–Crippen LogP) is 6.94. The van der Waals surface area contributed by atoms with E-state index in [9.17, 15) is 0 Å². The van der Waals surface area contributed by atoms with E-state index in [1.165, 1.54) is 61.9 Å². The van der Waals surface area contributed by atoms with Crippen LogP contribution < -0.4 is 0 Å². The minimum atomic E-state index is 0.608. The van der Waals surface area contributed by atoms with Crippen LogP contribution in [0.25, 0.3) is 0 Å². The Kier molecular flexibility index (Phi) is 8.42. The summed E-state index contributed by atoms with van der Waals surface area (Å²) < 4.78 is 0. The van der Waals surface area contributed by atoms with Crippen LogP contribution in [0.3, 0.4) is 0 Å². The van der Waals surface area contributed by atoms with E-state index in [1.807, 2.05) is 0 Å². The lowest BCUT2D eigenvalue weighted by Crippen LogP contribution is -2.25. The van der Waals surface area contributed by atoms with E-state index in [2.05, 4.69) is 98.3 Å². The molecule has 0 N–H and O–H groups in total. The zero-order valence-corrected chi connectivity index (χ0v) is 19.5. The second kappa shape index (κ2) is 10.8. The lowest BCUT2D eigenvalue weighted by molar-refractivity contribution is 0.262. The van der Waals surface area contributed by atoms with Crippen LogP contribution in [0.1, 0.15) is 55.2 Å². The molecule has 3 heteroatoms. The fraction of sp³-hybridized carbons (Fsp3) is 0.500. The first-order valence-corrected chi connectivity index (χ1v) is 12.1. The minimum Gasteiger partial charge on any atom is -0.299 e. The Balaban J connectivity index is 1.47. The number of hydrogen-bond donors (Lipinski definition) is 0. The molecule has 0 heterocycles. The van der Waals surface area contributed by atoms with Gasteiger partial charge in [0.25, 0.3) is 0 Å². The van der Waals surface area contributed by atoms with Gasteiger partial charge in [0.15, 0.2) is 0 Å². The maximum Gasteiger partial charge on any atom is 0.0277 e. The zero-order valence-electron chi connectivity index (χ0n) is 16.3. The van der Waals surface area contributed by atoms with Gasteiger partial charge < -0.3 is 0 Å². The van der Waals surface area contributed by atoms with Gasteiger partial charge in [0.1, 0.15) is 0 Å². The van der Waals surface area contributed by atoms with Crippen molar-refractivity contribution in [3.05, 3.63) is 71.3 Å². The molecule has 1 aliphatic rings. The summed E-state index contributed by atoms with van der Waals surface area (Å²) in [6.07, 6.45) is 6.08. The topological polar surface area (TPSA) is 3.24 Å². The van der Waals surface area contributed by atoms with Crippen molar-refractivity contribution in [2.45, 2.75) is 61.1 Å². The van der Waals surface area contributed by atoms with Gasteiger partial charge in [0.05, 0.1) is 0 Å². The van der Waals surface area contributed by atoms with Gasteiger partial charge in [-0.25, -0.2) is 0 Å². The monoisotopic (exact) mass is 491 g/mol. The van der Waals surface area contributed by atoms with Crippen molar-refractivity contribution in [1.82, 2.24) is 4.90 Å². The van der Waals surface area contributed by atoms with Gasteiger partial charge in [0.2, 0.25) is 0 Å². The third-order valence-electron chi connectivity index (χ3n) is 5.59. The first-order valence-electron chi connectivity index (χ1n) is 10.3. The summed E-state index contributed by atoms with van der Waals surface area (Å²) in [7, 11) is 0. The summed E-state index contributed by atoms with van der Waals surface area (Å²) >= 11 is 7.58. The summed E-state index contributed by atoms with van der Waals surface area (Å²) in [5.74, 6) is 0.693. The highest BCUT2D eigenvalue weighted by Gasteiger charge is 2.31. The number of halogens is 2. The van der Waals surface area contributed by atoms with Gasteiger partial charge in [-0.1, -0.05) is 93.4 Å². The highest BCUT2D eigenvalue weighted by Crippen LogP contribution is 2.41. The second-order valence-electron chi connectivity index (χ2n) is 7.81. The first kappa shape index (κ1) is 21.1. The van der Waals surface area contributed by atoms with Crippen LogP contribution in [0.5, 0.6) is 0 Å². The van der Waals surface area contributed by atoms with Crippen LogP contribution in [0.4, 0.5) is 0 Å². The van der Waals surface area contributed by atoms with E-state index in [0.29, 0.717) is 15.6 Å². The summed E-state index contributed by atoms with van der Waals surface area (Å²) in [6, 6.07) is 20.3. The van der Waals surface area contributed by atoms with E-state index in [0.717, 1.165) is 6.54 Å². The largest absolute Gasteiger partial charge is 0.299 e. The van der Waals surface area contributed by atoms with Gasteiger partial charge in [-0.15, -0.1) is 0 Å². The molecule has 3 rings (SSSR count). The lowest BCUT2D eigenvalue weighted by Gasteiger charge is -2.22. The molecule has 2 atom stereocenters. The zero-order chi connectivity index (χ0) is 19.1. The average molecular weight is 493 g/mol. The number of benzene rings is 2. The molecule has 146 valence electrons. The predicted molar refractivity (Wildman–Crippen MR) is 124 cm³/mol. The van der Waals surface area contributed by atoms with Gasteiger partial charge in [-0.2, -0.15) is 0 Å². The van der Waals surface area contributed by atoms with Crippen molar-refractivity contribution in [2.75, 3.05) is 13.1 Å². The maximum absolute atomic E-state index is 3.79. The van der Waals surface area contributed by atoms with E-state index in [-0.39, 0.29) is 0 Å². The van der Waals surface area contributed by atoms with Crippen LogP contribution in [0.2, 0.25) is 0 Å². The third-order valence-corrected chi connectivity index (χ3v) is 8.32. The smallest absolute Gasteiger partial charge is 0.0277 e. The maximum atomic E-state index is 3.79. The molecule has 0 saturated heterocycles. The van der Waals surface area contributed by atoms with Gasteiger partial charge >= 0.3 is 0 Å². The van der Waals surface area contributed by atoms with Gasteiger partial charge in [-0.05, 0) is 67.8 Å². The summed E-state index contributed by atoms with van der Waals surface area (Å²) in [6.45, 7) is 5.69. The summed E-state index contributed by atoms with van der Waals surface area (Å²) in [4.78, 5) is 3.81. The molecule has 0 radical (unpaired) electrons. The molecule has 0 bridgehead atoms. The fourth-order valence-electron chi connectivity index (χ4n) is 4.10. The number of alkyl halides is 2. The molecule has 27 heavy (non-hydrogen) atoms. The number of aryl methyl sites for hydroxylation is 1. The molecular formula is C24H31Br2N. The standard InChI is InChI=1S/C24H31Br2N/c1-2-14-27(18-20-7-4-3-5-8-20)15-6-9-19-10-12-21(13-11-19)22-16-23(25)24(26)17-22/h3-5,7-8,10-13,22-24H,2,6,9,14-18H2,1H3. The van der Waals surface area contributed by atoms with Crippen LogP contribution >= 0.6 is 31.9 Å². The normalized spacial score (nSPS) is 22.4. The van der Waals surface area contributed by atoms with Crippen molar-refractivity contribution in [3.8, 4) is 0 Å². The molecule has 1 aliphatic carbocycles. The Hall–Kier alpha value is -0.640. The van der Waals surface area contributed by atoms with Crippen LogP contribution in [0.15, 0.2) is 54.6 Å².